The lowest BCUT2D eigenvalue weighted by atomic mass is 9.99. The van der Waals surface area contributed by atoms with Crippen molar-refractivity contribution in [3.63, 3.8) is 0 Å². The second-order valence-electron chi connectivity index (χ2n) is 7.79. The molecule has 1 unspecified atom stereocenters. The first-order chi connectivity index (χ1) is 13.6. The molecule has 0 radical (unpaired) electrons. The first kappa shape index (κ1) is 25.5. The van der Waals surface area contributed by atoms with Crippen LogP contribution in [0.5, 0.6) is 0 Å². The lowest BCUT2D eigenvalue weighted by molar-refractivity contribution is -0.294. The fourth-order valence-corrected chi connectivity index (χ4v) is 3.48. The van der Waals surface area contributed by atoms with Gasteiger partial charge < -0.3 is 29.9 Å². The number of hydrogen-bond donors (Lipinski definition) is 4. The van der Waals surface area contributed by atoms with Gasteiger partial charge >= 0.3 is 0 Å². The SMILES string of the molecule is CCCCCCCC/C=C/CCCCCCO[C@H]1[C@H](O)[C@@H](CO)OC(O)[C@@H]1O. The monoisotopic (exact) mass is 402 g/mol. The molecule has 1 aliphatic rings. The predicted octanol–water partition coefficient (Wildman–Crippen LogP) is 3.06. The summed E-state index contributed by atoms with van der Waals surface area (Å²) in [7, 11) is 0. The van der Waals surface area contributed by atoms with Crippen molar-refractivity contribution >= 4 is 0 Å². The first-order valence-electron chi connectivity index (χ1n) is 11.2. The van der Waals surface area contributed by atoms with Crippen LogP contribution in [-0.2, 0) is 9.47 Å². The van der Waals surface area contributed by atoms with Crippen molar-refractivity contribution in [3.05, 3.63) is 12.2 Å². The molecule has 0 aliphatic carbocycles. The average molecular weight is 403 g/mol. The van der Waals surface area contributed by atoms with Crippen molar-refractivity contribution in [1.29, 1.82) is 0 Å². The quantitative estimate of drug-likeness (QED) is 0.234. The molecule has 1 saturated heterocycles. The normalized spacial score (nSPS) is 28.2. The molecule has 6 heteroatoms. The van der Waals surface area contributed by atoms with Gasteiger partial charge in [-0.15, -0.1) is 0 Å². The summed E-state index contributed by atoms with van der Waals surface area (Å²) in [4.78, 5) is 0. The van der Waals surface area contributed by atoms with Crippen molar-refractivity contribution in [1.82, 2.24) is 0 Å². The summed E-state index contributed by atoms with van der Waals surface area (Å²) in [6, 6.07) is 0. The zero-order valence-corrected chi connectivity index (χ0v) is 17.5. The maximum absolute atomic E-state index is 10.0. The first-order valence-corrected chi connectivity index (χ1v) is 11.2. The van der Waals surface area contributed by atoms with E-state index in [-0.39, 0.29) is 0 Å². The molecular formula is C22H42O6. The molecule has 0 aromatic carbocycles. The number of rotatable bonds is 16. The molecule has 0 aromatic heterocycles. The Bertz CT molecular complexity index is 389. The number of hydrogen-bond acceptors (Lipinski definition) is 6. The summed E-state index contributed by atoms with van der Waals surface area (Å²) in [6.07, 6.45) is 13.3. The van der Waals surface area contributed by atoms with Gasteiger partial charge in [0.2, 0.25) is 0 Å². The van der Waals surface area contributed by atoms with Gasteiger partial charge in [0, 0.05) is 6.61 Å². The Morgan fingerprint density at radius 1 is 0.786 bits per heavy atom. The molecule has 1 rings (SSSR count). The van der Waals surface area contributed by atoms with Crippen LogP contribution in [0.3, 0.4) is 0 Å². The molecule has 0 saturated carbocycles. The van der Waals surface area contributed by atoms with E-state index in [9.17, 15) is 15.3 Å². The Morgan fingerprint density at radius 2 is 1.36 bits per heavy atom. The highest BCUT2D eigenvalue weighted by Crippen LogP contribution is 2.22. The van der Waals surface area contributed by atoms with Gasteiger partial charge in [-0.2, -0.15) is 0 Å². The molecule has 4 N–H and O–H groups in total. The molecule has 0 aromatic rings. The van der Waals surface area contributed by atoms with E-state index in [2.05, 4.69) is 19.1 Å². The third-order valence-corrected chi connectivity index (χ3v) is 5.31. The minimum Gasteiger partial charge on any atom is -0.394 e. The fraction of sp³-hybridized carbons (Fsp3) is 0.909. The number of allylic oxidation sites excluding steroid dienone is 2. The Kier molecular flexibility index (Phi) is 14.9. The second-order valence-corrected chi connectivity index (χ2v) is 7.79. The lowest BCUT2D eigenvalue weighted by Crippen LogP contribution is -2.59. The van der Waals surface area contributed by atoms with Crippen LogP contribution in [-0.4, -0.2) is 64.3 Å². The van der Waals surface area contributed by atoms with Gasteiger partial charge in [-0.3, -0.25) is 0 Å². The van der Waals surface area contributed by atoms with Crippen molar-refractivity contribution in [2.45, 2.75) is 115 Å². The smallest absolute Gasteiger partial charge is 0.184 e. The molecule has 0 bridgehead atoms. The number of unbranched alkanes of at least 4 members (excludes halogenated alkanes) is 10. The largest absolute Gasteiger partial charge is 0.394 e. The molecule has 1 fully saturated rings. The summed E-state index contributed by atoms with van der Waals surface area (Å²) in [5.74, 6) is 0. The van der Waals surface area contributed by atoms with Crippen molar-refractivity contribution in [3.8, 4) is 0 Å². The summed E-state index contributed by atoms with van der Waals surface area (Å²) in [6.45, 7) is 2.21. The van der Waals surface area contributed by atoms with E-state index in [1.54, 1.807) is 0 Å². The third kappa shape index (κ3) is 10.3. The van der Waals surface area contributed by atoms with E-state index in [0.717, 1.165) is 32.1 Å². The summed E-state index contributed by atoms with van der Waals surface area (Å²) < 4.78 is 10.5. The van der Waals surface area contributed by atoms with Crippen molar-refractivity contribution in [2.75, 3.05) is 13.2 Å². The number of aliphatic hydroxyl groups excluding tert-OH is 4. The molecule has 1 aliphatic heterocycles. The Balaban J connectivity index is 1.98. The van der Waals surface area contributed by atoms with Crippen molar-refractivity contribution in [2.24, 2.45) is 0 Å². The maximum atomic E-state index is 10.0. The molecular weight excluding hydrogens is 360 g/mol. The topological polar surface area (TPSA) is 99.4 Å². The number of aliphatic hydroxyl groups is 4. The van der Waals surface area contributed by atoms with Crippen LogP contribution in [0.1, 0.15) is 84.0 Å². The average Bonchev–Trinajstić information content (AvgIpc) is 2.69. The minimum atomic E-state index is -1.45. The Labute approximate surface area is 170 Å². The van der Waals surface area contributed by atoms with Gasteiger partial charge in [-0.1, -0.05) is 64.0 Å². The van der Waals surface area contributed by atoms with E-state index in [0.29, 0.717) is 6.61 Å². The number of ether oxygens (including phenoxy) is 2. The van der Waals surface area contributed by atoms with Gasteiger partial charge in [-0.05, 0) is 32.1 Å². The van der Waals surface area contributed by atoms with E-state index in [1.165, 1.54) is 44.9 Å². The highest BCUT2D eigenvalue weighted by molar-refractivity contribution is 4.89. The minimum absolute atomic E-state index is 0.400. The third-order valence-electron chi connectivity index (χ3n) is 5.31. The standard InChI is InChI=1S/C22H42O6/c1-2-3-4-5-6-7-8-9-10-11-12-13-14-15-16-27-21-19(24)18(17-23)28-22(26)20(21)25/h9-10,18-26H,2-8,11-17H2,1H3/b10-9+/t18-,19-,20-,21+,22?/m1/s1. The van der Waals surface area contributed by atoms with Gasteiger partial charge in [0.25, 0.3) is 0 Å². The van der Waals surface area contributed by atoms with Crippen LogP contribution in [0.15, 0.2) is 12.2 Å². The van der Waals surface area contributed by atoms with Crippen LogP contribution in [0.4, 0.5) is 0 Å². The predicted molar refractivity (Wildman–Crippen MR) is 110 cm³/mol. The molecule has 1 heterocycles. The van der Waals surface area contributed by atoms with Crippen LogP contribution in [0.2, 0.25) is 0 Å². The second kappa shape index (κ2) is 16.3. The highest BCUT2D eigenvalue weighted by atomic mass is 16.6. The molecule has 5 atom stereocenters. The Hall–Kier alpha value is -0.500. The van der Waals surface area contributed by atoms with Gasteiger partial charge in [-0.25, -0.2) is 0 Å². The summed E-state index contributed by atoms with van der Waals surface area (Å²) in [5, 5.41) is 38.7. The van der Waals surface area contributed by atoms with E-state index in [4.69, 9.17) is 14.6 Å². The van der Waals surface area contributed by atoms with Gasteiger partial charge in [0.15, 0.2) is 6.29 Å². The molecule has 0 amide bonds. The lowest BCUT2D eigenvalue weighted by Gasteiger charge is -2.39. The maximum Gasteiger partial charge on any atom is 0.184 e. The molecule has 166 valence electrons. The zero-order valence-electron chi connectivity index (χ0n) is 17.5. The van der Waals surface area contributed by atoms with E-state index < -0.39 is 37.3 Å². The van der Waals surface area contributed by atoms with E-state index in [1.807, 2.05) is 0 Å². The van der Waals surface area contributed by atoms with Gasteiger partial charge in [0.05, 0.1) is 6.61 Å². The summed E-state index contributed by atoms with van der Waals surface area (Å²) >= 11 is 0. The van der Waals surface area contributed by atoms with Crippen molar-refractivity contribution < 1.29 is 29.9 Å². The van der Waals surface area contributed by atoms with Crippen LogP contribution in [0, 0.1) is 0 Å². The fourth-order valence-electron chi connectivity index (χ4n) is 3.48. The summed E-state index contributed by atoms with van der Waals surface area (Å²) in [5.41, 5.74) is 0. The van der Waals surface area contributed by atoms with Crippen LogP contribution in [0.25, 0.3) is 0 Å². The van der Waals surface area contributed by atoms with Crippen LogP contribution < -0.4 is 0 Å². The molecule has 0 spiro atoms. The molecule has 28 heavy (non-hydrogen) atoms. The zero-order chi connectivity index (χ0) is 20.6. The van der Waals surface area contributed by atoms with Crippen LogP contribution >= 0.6 is 0 Å². The molecule has 6 nitrogen and oxygen atoms in total. The highest BCUT2D eigenvalue weighted by Gasteiger charge is 2.44. The van der Waals surface area contributed by atoms with Gasteiger partial charge in [0.1, 0.15) is 24.4 Å². The van der Waals surface area contributed by atoms with E-state index >= 15 is 0 Å². The Morgan fingerprint density at radius 3 is 1.96 bits per heavy atom.